The van der Waals surface area contributed by atoms with E-state index in [1.165, 1.54) is 17.7 Å². The third-order valence-electron chi connectivity index (χ3n) is 6.14. The topological polar surface area (TPSA) is 109 Å². The van der Waals surface area contributed by atoms with Crippen molar-refractivity contribution in [2.24, 2.45) is 13.0 Å². The number of esters is 1. The van der Waals surface area contributed by atoms with Crippen LogP contribution in [0.2, 0.25) is 0 Å². The van der Waals surface area contributed by atoms with Crippen LogP contribution in [0, 0.1) is 5.92 Å². The van der Waals surface area contributed by atoms with Crippen molar-refractivity contribution in [3.05, 3.63) is 75.2 Å². The molecule has 0 radical (unpaired) electrons. The van der Waals surface area contributed by atoms with Crippen molar-refractivity contribution in [1.29, 1.82) is 0 Å². The van der Waals surface area contributed by atoms with E-state index >= 15 is 0 Å². The number of rotatable bonds is 7. The molecule has 3 aromatic heterocycles. The fraction of sp³-hybridized carbons (Fsp3) is 0.423. The predicted octanol–water partition coefficient (Wildman–Crippen LogP) is 2.24. The number of fused-ring (bicyclic) bond motifs is 1. The number of aryl methyl sites for hydroxylation is 1. The summed E-state index contributed by atoms with van der Waals surface area (Å²) in [6.45, 7) is 5.21. The van der Waals surface area contributed by atoms with E-state index < -0.39 is 5.97 Å². The van der Waals surface area contributed by atoms with Crippen LogP contribution >= 0.6 is 0 Å². The van der Waals surface area contributed by atoms with E-state index in [2.05, 4.69) is 23.9 Å². The Morgan fingerprint density at radius 2 is 1.92 bits per heavy atom. The van der Waals surface area contributed by atoms with Crippen LogP contribution in [0.4, 0.5) is 0 Å². The summed E-state index contributed by atoms with van der Waals surface area (Å²) in [7, 11) is 3.05. The Morgan fingerprint density at radius 1 is 1.11 bits per heavy atom. The maximum atomic E-state index is 13.4. The van der Waals surface area contributed by atoms with Gasteiger partial charge in [-0.05, 0) is 30.5 Å². The molecule has 4 heterocycles. The van der Waals surface area contributed by atoms with Crippen molar-refractivity contribution in [1.82, 2.24) is 24.2 Å². The normalized spacial score (nSPS) is 13.3. The zero-order chi connectivity index (χ0) is 25.8. The van der Waals surface area contributed by atoms with Crippen LogP contribution in [0.3, 0.4) is 0 Å². The van der Waals surface area contributed by atoms with Gasteiger partial charge >= 0.3 is 5.97 Å². The standard InChI is InChI=1S/C26H31N5O5/c1-17(2)13-19-14-21(29(3)28-19)25(33)30-10-8-20-24(26(34)35-4)22(15-23(32)31(20)12-11-30)36-16-18-7-5-6-9-27-18/h5-7,9,14-15,17H,8,10-13,16H2,1-4H3. The summed E-state index contributed by atoms with van der Waals surface area (Å²) < 4.78 is 14.0. The molecule has 0 bridgehead atoms. The molecule has 0 saturated carbocycles. The number of nitrogens with zero attached hydrogens (tertiary/aromatic N) is 5. The Bertz CT molecular complexity index is 1310. The van der Waals surface area contributed by atoms with Gasteiger partial charge in [0.2, 0.25) is 0 Å². The second-order valence-corrected chi connectivity index (χ2v) is 9.21. The quantitative estimate of drug-likeness (QED) is 0.465. The van der Waals surface area contributed by atoms with Crippen molar-refractivity contribution in [2.45, 2.75) is 39.8 Å². The molecule has 0 atom stereocenters. The SMILES string of the molecule is COC(=O)c1c(OCc2ccccn2)cc(=O)n2c1CCN(C(=O)c1cc(CC(C)C)nn1C)CC2. The van der Waals surface area contributed by atoms with E-state index in [4.69, 9.17) is 9.47 Å². The highest BCUT2D eigenvalue weighted by Crippen LogP contribution is 2.25. The molecule has 0 spiro atoms. The highest BCUT2D eigenvalue weighted by molar-refractivity contribution is 5.94. The lowest BCUT2D eigenvalue weighted by atomic mass is 10.1. The zero-order valence-corrected chi connectivity index (χ0v) is 21.1. The van der Waals surface area contributed by atoms with E-state index in [1.54, 1.807) is 35.0 Å². The largest absolute Gasteiger partial charge is 0.486 e. The lowest BCUT2D eigenvalue weighted by Crippen LogP contribution is -2.35. The first-order valence-corrected chi connectivity index (χ1v) is 12.0. The summed E-state index contributed by atoms with van der Waals surface area (Å²) in [5.41, 5.74) is 2.41. The maximum Gasteiger partial charge on any atom is 0.343 e. The summed E-state index contributed by atoms with van der Waals surface area (Å²) >= 11 is 0. The number of hydrogen-bond donors (Lipinski definition) is 0. The average molecular weight is 494 g/mol. The van der Waals surface area contributed by atoms with E-state index in [9.17, 15) is 14.4 Å². The van der Waals surface area contributed by atoms with E-state index in [-0.39, 0.29) is 35.9 Å². The van der Waals surface area contributed by atoms with Crippen LogP contribution in [-0.4, -0.2) is 56.3 Å². The summed E-state index contributed by atoms with van der Waals surface area (Å²) in [5.74, 6) is -0.187. The first kappa shape index (κ1) is 25.2. The average Bonchev–Trinajstić information content (AvgIpc) is 3.07. The van der Waals surface area contributed by atoms with Gasteiger partial charge in [-0.25, -0.2) is 4.79 Å². The minimum Gasteiger partial charge on any atom is -0.486 e. The van der Waals surface area contributed by atoms with E-state index in [0.717, 1.165) is 12.1 Å². The minimum absolute atomic E-state index is 0.0948. The van der Waals surface area contributed by atoms with Crippen LogP contribution in [-0.2, 0) is 37.8 Å². The number of hydrogen-bond acceptors (Lipinski definition) is 7. The Kier molecular flexibility index (Phi) is 7.52. The number of aromatic nitrogens is 4. The van der Waals surface area contributed by atoms with Gasteiger partial charge in [0, 0.05) is 51.1 Å². The molecule has 3 aromatic rings. The number of carbonyl (C=O) groups excluding carboxylic acids is 2. The molecule has 36 heavy (non-hydrogen) atoms. The van der Waals surface area contributed by atoms with Gasteiger partial charge in [-0.15, -0.1) is 0 Å². The number of pyridine rings is 2. The molecule has 10 nitrogen and oxygen atoms in total. The second kappa shape index (κ2) is 10.8. The fourth-order valence-corrected chi connectivity index (χ4v) is 4.43. The van der Waals surface area contributed by atoms with E-state index in [1.807, 2.05) is 12.1 Å². The van der Waals surface area contributed by atoms with Crippen LogP contribution in [0.25, 0.3) is 0 Å². The van der Waals surface area contributed by atoms with Gasteiger partial charge in [-0.3, -0.25) is 19.3 Å². The first-order chi connectivity index (χ1) is 17.3. The highest BCUT2D eigenvalue weighted by atomic mass is 16.5. The molecule has 1 aliphatic rings. The van der Waals surface area contributed by atoms with Crippen LogP contribution in [0.1, 0.15) is 51.8 Å². The van der Waals surface area contributed by atoms with Gasteiger partial charge in [0.25, 0.3) is 11.5 Å². The minimum atomic E-state index is -0.598. The molecule has 0 N–H and O–H groups in total. The fourth-order valence-electron chi connectivity index (χ4n) is 4.43. The zero-order valence-electron chi connectivity index (χ0n) is 21.1. The molecule has 1 amide bonds. The highest BCUT2D eigenvalue weighted by Gasteiger charge is 2.29. The third kappa shape index (κ3) is 5.32. The summed E-state index contributed by atoms with van der Waals surface area (Å²) in [6.07, 6.45) is 2.72. The van der Waals surface area contributed by atoms with Crippen molar-refractivity contribution >= 4 is 11.9 Å². The molecule has 0 aromatic carbocycles. The Balaban J connectivity index is 1.61. The molecule has 10 heteroatoms. The van der Waals surface area contributed by atoms with E-state index in [0.29, 0.717) is 42.5 Å². The number of methoxy groups -OCH3 is 1. The Labute approximate surface area is 209 Å². The summed E-state index contributed by atoms with van der Waals surface area (Å²) in [6, 6.07) is 8.55. The molecule has 0 fully saturated rings. The Morgan fingerprint density at radius 3 is 2.61 bits per heavy atom. The lowest BCUT2D eigenvalue weighted by molar-refractivity contribution is 0.0592. The van der Waals surface area contributed by atoms with Crippen molar-refractivity contribution in [2.75, 3.05) is 20.2 Å². The summed E-state index contributed by atoms with van der Waals surface area (Å²) in [5, 5.41) is 4.48. The van der Waals surface area contributed by atoms with Gasteiger partial charge in [0.05, 0.1) is 18.5 Å². The molecule has 1 aliphatic heterocycles. The van der Waals surface area contributed by atoms with Gasteiger partial charge in [-0.2, -0.15) is 5.10 Å². The predicted molar refractivity (Wildman–Crippen MR) is 132 cm³/mol. The van der Waals surface area contributed by atoms with Gasteiger partial charge in [0.1, 0.15) is 23.6 Å². The number of ether oxygens (including phenoxy) is 2. The number of amides is 1. The molecular formula is C26H31N5O5. The molecule has 0 unspecified atom stereocenters. The molecule has 0 aliphatic carbocycles. The van der Waals surface area contributed by atoms with Gasteiger partial charge in [0.15, 0.2) is 0 Å². The van der Waals surface area contributed by atoms with Gasteiger partial charge in [-0.1, -0.05) is 19.9 Å². The van der Waals surface area contributed by atoms with Crippen molar-refractivity contribution < 1.29 is 19.1 Å². The van der Waals surface area contributed by atoms with Crippen molar-refractivity contribution in [3.8, 4) is 5.75 Å². The third-order valence-corrected chi connectivity index (χ3v) is 6.14. The van der Waals surface area contributed by atoms with Crippen LogP contribution < -0.4 is 10.3 Å². The maximum absolute atomic E-state index is 13.4. The first-order valence-electron chi connectivity index (χ1n) is 12.0. The van der Waals surface area contributed by atoms with Gasteiger partial charge < -0.3 is 18.9 Å². The molecule has 190 valence electrons. The Hall–Kier alpha value is -3.95. The second-order valence-electron chi connectivity index (χ2n) is 9.21. The summed E-state index contributed by atoms with van der Waals surface area (Å²) in [4.78, 5) is 45.1. The monoisotopic (exact) mass is 493 g/mol. The van der Waals surface area contributed by atoms with Crippen LogP contribution in [0.5, 0.6) is 5.75 Å². The molecule has 0 saturated heterocycles. The smallest absolute Gasteiger partial charge is 0.343 e. The number of carbonyl (C=O) groups is 2. The molecular weight excluding hydrogens is 462 g/mol. The lowest BCUT2D eigenvalue weighted by Gasteiger charge is -2.19. The van der Waals surface area contributed by atoms with Crippen LogP contribution in [0.15, 0.2) is 41.3 Å². The van der Waals surface area contributed by atoms with Crippen molar-refractivity contribution in [3.63, 3.8) is 0 Å². The molecule has 4 rings (SSSR count).